The van der Waals surface area contributed by atoms with Crippen molar-refractivity contribution in [2.45, 2.75) is 40.5 Å². The van der Waals surface area contributed by atoms with Gasteiger partial charge in [0.25, 0.3) is 0 Å². The summed E-state index contributed by atoms with van der Waals surface area (Å²) in [7, 11) is 3.25. The Balaban J connectivity index is 0.00000110. The third-order valence-electron chi connectivity index (χ3n) is 2.66. The largest absolute Gasteiger partial charge is 0.504 e. The maximum atomic E-state index is 11.6. The van der Waals surface area contributed by atoms with Crippen LogP contribution in [0.5, 0.6) is 11.5 Å². The van der Waals surface area contributed by atoms with Crippen LogP contribution < -0.4 is 4.74 Å². The molecule has 0 amide bonds. The van der Waals surface area contributed by atoms with E-state index >= 15 is 0 Å². The van der Waals surface area contributed by atoms with Gasteiger partial charge in [-0.2, -0.15) is 0 Å². The molecule has 0 heterocycles. The lowest BCUT2D eigenvalue weighted by Crippen LogP contribution is -2.15. The first-order valence-electron chi connectivity index (χ1n) is 6.70. The summed E-state index contributed by atoms with van der Waals surface area (Å²) in [6, 6.07) is 3.72. The molecule has 0 aliphatic carbocycles. The second kappa shape index (κ2) is 8.59. The normalized spacial score (nSPS) is 10.2. The summed E-state index contributed by atoms with van der Waals surface area (Å²) in [4.78, 5) is 11.6. The van der Waals surface area contributed by atoms with Crippen molar-refractivity contribution in [3.8, 4) is 11.5 Å². The van der Waals surface area contributed by atoms with Crippen molar-refractivity contribution in [2.24, 2.45) is 5.92 Å². The van der Waals surface area contributed by atoms with E-state index in [0.29, 0.717) is 0 Å². The van der Waals surface area contributed by atoms with E-state index in [-0.39, 0.29) is 29.3 Å². The average Bonchev–Trinajstić information content (AvgIpc) is 2.34. The Hall–Kier alpha value is -1.55. The van der Waals surface area contributed by atoms with E-state index in [4.69, 9.17) is 4.74 Å². The zero-order valence-corrected chi connectivity index (χ0v) is 13.5. The molecule has 1 N–H and O–H groups in total. The molecule has 1 aromatic carbocycles. The fourth-order valence-electron chi connectivity index (χ4n) is 1.50. The van der Waals surface area contributed by atoms with E-state index in [1.807, 2.05) is 32.9 Å². The predicted octanol–water partition coefficient (Wildman–Crippen LogP) is 3.65. The minimum atomic E-state index is -0.329. The number of aromatic hydroxyl groups is 1. The Bertz CT molecular complexity index is 436. The molecule has 0 unspecified atom stereocenters. The number of hydrogen-bond acceptors (Lipinski definition) is 4. The number of aryl methyl sites for hydroxylation is 1. The second-order valence-corrected chi connectivity index (χ2v) is 5.29. The van der Waals surface area contributed by atoms with E-state index in [2.05, 4.69) is 4.74 Å². The molecular weight excluding hydrogens is 256 g/mol. The standard InChI is InChI=1S/C14H20O3.C2H6O/c1-8(2)11-7-6-10(5)13(12(11)15)17-14(16)9(3)4;1-3-2/h6-9,15H,1-5H3;1-2H3. The minimum Gasteiger partial charge on any atom is -0.504 e. The summed E-state index contributed by atoms with van der Waals surface area (Å²) in [5.74, 6) is 0.0109. The lowest BCUT2D eigenvalue weighted by atomic mass is 10.00. The van der Waals surface area contributed by atoms with Crippen LogP contribution in [0.2, 0.25) is 0 Å². The summed E-state index contributed by atoms with van der Waals surface area (Å²) in [6.07, 6.45) is 0. The van der Waals surface area contributed by atoms with Crippen LogP contribution in [0.1, 0.15) is 44.7 Å². The van der Waals surface area contributed by atoms with Crippen LogP contribution in [-0.2, 0) is 9.53 Å². The molecule has 1 aromatic rings. The van der Waals surface area contributed by atoms with Crippen molar-refractivity contribution in [1.82, 2.24) is 0 Å². The van der Waals surface area contributed by atoms with Crippen LogP contribution in [0.15, 0.2) is 12.1 Å². The van der Waals surface area contributed by atoms with Gasteiger partial charge in [0.2, 0.25) is 0 Å². The Morgan fingerprint density at radius 3 is 2.05 bits per heavy atom. The van der Waals surface area contributed by atoms with E-state index in [1.54, 1.807) is 28.1 Å². The summed E-state index contributed by atoms with van der Waals surface area (Å²) < 4.78 is 9.49. The smallest absolute Gasteiger partial charge is 0.313 e. The third kappa shape index (κ3) is 5.21. The number of carbonyl (C=O) groups excluding carboxylic acids is 1. The van der Waals surface area contributed by atoms with Crippen molar-refractivity contribution in [3.63, 3.8) is 0 Å². The van der Waals surface area contributed by atoms with Gasteiger partial charge in [-0.15, -0.1) is 0 Å². The van der Waals surface area contributed by atoms with E-state index in [0.717, 1.165) is 11.1 Å². The molecule has 0 aliphatic rings. The Kier molecular flexibility index (Phi) is 7.92. The molecule has 4 nitrogen and oxygen atoms in total. The number of esters is 1. The SMILES string of the molecule is COC.Cc1ccc(C(C)C)c(O)c1OC(=O)C(C)C. The molecule has 0 saturated heterocycles. The quantitative estimate of drug-likeness (QED) is 0.679. The molecule has 0 spiro atoms. The molecule has 0 bridgehead atoms. The van der Waals surface area contributed by atoms with E-state index in [1.165, 1.54) is 0 Å². The Morgan fingerprint density at radius 2 is 1.65 bits per heavy atom. The lowest BCUT2D eigenvalue weighted by Gasteiger charge is -2.15. The van der Waals surface area contributed by atoms with Crippen LogP contribution in [0.4, 0.5) is 0 Å². The van der Waals surface area contributed by atoms with Crippen LogP contribution in [0, 0.1) is 12.8 Å². The van der Waals surface area contributed by atoms with Gasteiger partial charge < -0.3 is 14.6 Å². The van der Waals surface area contributed by atoms with E-state index in [9.17, 15) is 9.90 Å². The van der Waals surface area contributed by atoms with Crippen molar-refractivity contribution in [3.05, 3.63) is 23.3 Å². The number of phenolic OH excluding ortho intramolecular Hbond substituents is 1. The monoisotopic (exact) mass is 282 g/mol. The molecule has 0 atom stereocenters. The number of benzene rings is 1. The lowest BCUT2D eigenvalue weighted by molar-refractivity contribution is -0.137. The topological polar surface area (TPSA) is 55.8 Å². The molecule has 0 saturated carbocycles. The molecule has 4 heteroatoms. The number of carbonyl (C=O) groups is 1. The number of ether oxygens (including phenoxy) is 2. The van der Waals surface area contributed by atoms with Gasteiger partial charge in [0, 0.05) is 19.8 Å². The van der Waals surface area contributed by atoms with Gasteiger partial charge in [0.15, 0.2) is 11.5 Å². The first kappa shape index (κ1) is 18.4. The van der Waals surface area contributed by atoms with Gasteiger partial charge in [0.1, 0.15) is 0 Å². The van der Waals surface area contributed by atoms with Crippen molar-refractivity contribution in [1.29, 1.82) is 0 Å². The van der Waals surface area contributed by atoms with Gasteiger partial charge in [-0.3, -0.25) is 4.79 Å². The highest BCUT2D eigenvalue weighted by molar-refractivity contribution is 5.76. The molecule has 0 aliphatic heterocycles. The van der Waals surface area contributed by atoms with Crippen molar-refractivity contribution < 1.29 is 19.4 Å². The molecular formula is C16H26O4. The van der Waals surface area contributed by atoms with Crippen LogP contribution in [0.3, 0.4) is 0 Å². The summed E-state index contributed by atoms with van der Waals surface area (Å²) in [6.45, 7) is 9.31. The average molecular weight is 282 g/mol. The highest BCUT2D eigenvalue weighted by atomic mass is 16.5. The zero-order valence-electron chi connectivity index (χ0n) is 13.5. The molecule has 20 heavy (non-hydrogen) atoms. The van der Waals surface area contributed by atoms with Crippen LogP contribution >= 0.6 is 0 Å². The van der Waals surface area contributed by atoms with Crippen molar-refractivity contribution >= 4 is 5.97 Å². The Morgan fingerprint density at radius 1 is 1.15 bits per heavy atom. The minimum absolute atomic E-state index is 0.0778. The van der Waals surface area contributed by atoms with Gasteiger partial charge in [-0.25, -0.2) is 0 Å². The molecule has 114 valence electrons. The fraction of sp³-hybridized carbons (Fsp3) is 0.562. The molecule has 0 aromatic heterocycles. The van der Waals surface area contributed by atoms with E-state index < -0.39 is 0 Å². The van der Waals surface area contributed by atoms with Gasteiger partial charge in [0.05, 0.1) is 5.92 Å². The van der Waals surface area contributed by atoms with Gasteiger partial charge >= 0.3 is 5.97 Å². The molecule has 1 rings (SSSR count). The first-order chi connectivity index (χ1) is 9.26. The zero-order chi connectivity index (χ0) is 15.9. The molecule has 0 radical (unpaired) electrons. The van der Waals surface area contributed by atoms with Gasteiger partial charge in [-0.1, -0.05) is 39.8 Å². The highest BCUT2D eigenvalue weighted by Crippen LogP contribution is 2.37. The summed E-state index contributed by atoms with van der Waals surface area (Å²) >= 11 is 0. The fourth-order valence-corrected chi connectivity index (χ4v) is 1.50. The highest BCUT2D eigenvalue weighted by Gasteiger charge is 2.18. The first-order valence-corrected chi connectivity index (χ1v) is 6.70. The van der Waals surface area contributed by atoms with Gasteiger partial charge in [-0.05, 0) is 18.4 Å². The van der Waals surface area contributed by atoms with Crippen molar-refractivity contribution in [2.75, 3.05) is 14.2 Å². The van der Waals surface area contributed by atoms with Crippen LogP contribution in [0.25, 0.3) is 0 Å². The van der Waals surface area contributed by atoms with Crippen LogP contribution in [-0.4, -0.2) is 25.3 Å². The number of phenols is 1. The number of hydrogen-bond donors (Lipinski definition) is 1. The summed E-state index contributed by atoms with van der Waals surface area (Å²) in [5.41, 5.74) is 1.56. The predicted molar refractivity (Wildman–Crippen MR) is 80.3 cm³/mol. The molecule has 0 fully saturated rings. The Labute approximate surface area is 121 Å². The maximum Gasteiger partial charge on any atom is 0.313 e. The second-order valence-electron chi connectivity index (χ2n) is 5.29. The maximum absolute atomic E-state index is 11.6. The number of methoxy groups -OCH3 is 1. The number of rotatable bonds is 3. The summed E-state index contributed by atoms with van der Waals surface area (Å²) in [5, 5.41) is 10.1. The third-order valence-corrected chi connectivity index (χ3v) is 2.66.